The first-order valence-electron chi connectivity index (χ1n) is 3.70. The van der Waals surface area contributed by atoms with Gasteiger partial charge in [0.05, 0.1) is 6.61 Å². The number of aliphatic hydroxyl groups is 1. The molecule has 1 heterocycles. The molecule has 1 aliphatic carbocycles. The monoisotopic (exact) mass is 142 g/mol. The third-order valence-corrected chi connectivity index (χ3v) is 3.01. The largest absolute Gasteiger partial charge is 0.394 e. The standard InChI is InChI=1S/C7H14N2O/c1-9-3-6(4-9)2-7(6,8)5-10/h10H,2-5,8H2,1H3. The second-order valence-corrected chi connectivity index (χ2v) is 3.94. The fourth-order valence-electron chi connectivity index (χ4n) is 2.20. The lowest BCUT2D eigenvalue weighted by molar-refractivity contribution is 0.0765. The van der Waals surface area contributed by atoms with E-state index in [1.54, 1.807) is 0 Å². The Balaban J connectivity index is 2.00. The Morgan fingerprint density at radius 3 is 2.50 bits per heavy atom. The molecule has 1 unspecified atom stereocenters. The molecular formula is C7H14N2O. The van der Waals surface area contributed by atoms with Gasteiger partial charge < -0.3 is 15.7 Å². The Bertz CT molecular complexity index is 159. The van der Waals surface area contributed by atoms with Gasteiger partial charge in [-0.15, -0.1) is 0 Å². The van der Waals surface area contributed by atoms with Crippen LogP contribution in [0.5, 0.6) is 0 Å². The molecule has 2 rings (SSSR count). The Morgan fingerprint density at radius 2 is 2.20 bits per heavy atom. The second-order valence-electron chi connectivity index (χ2n) is 3.94. The first-order valence-corrected chi connectivity index (χ1v) is 3.70. The molecule has 1 atom stereocenters. The molecule has 2 aliphatic rings. The molecule has 1 saturated heterocycles. The Morgan fingerprint density at radius 1 is 1.60 bits per heavy atom. The molecule has 2 fully saturated rings. The molecule has 0 aromatic rings. The highest BCUT2D eigenvalue weighted by Gasteiger charge is 2.69. The van der Waals surface area contributed by atoms with Crippen molar-refractivity contribution in [1.82, 2.24) is 4.90 Å². The normalized spacial score (nSPS) is 43.5. The molecule has 0 amide bonds. The maximum Gasteiger partial charge on any atom is 0.0617 e. The zero-order valence-electron chi connectivity index (χ0n) is 6.30. The van der Waals surface area contributed by atoms with Crippen molar-refractivity contribution in [1.29, 1.82) is 0 Å². The molecule has 3 nitrogen and oxygen atoms in total. The lowest BCUT2D eigenvalue weighted by atomic mass is 9.92. The van der Waals surface area contributed by atoms with Crippen LogP contribution in [0.1, 0.15) is 6.42 Å². The summed E-state index contributed by atoms with van der Waals surface area (Å²) in [4.78, 5) is 2.24. The Kier molecular flexibility index (Phi) is 1.02. The van der Waals surface area contributed by atoms with Crippen molar-refractivity contribution in [2.75, 3.05) is 26.7 Å². The molecule has 1 aliphatic heterocycles. The third-order valence-electron chi connectivity index (χ3n) is 3.01. The van der Waals surface area contributed by atoms with Gasteiger partial charge in [0, 0.05) is 24.0 Å². The first-order chi connectivity index (χ1) is 4.62. The smallest absolute Gasteiger partial charge is 0.0617 e. The average Bonchev–Trinajstić information content (AvgIpc) is 2.39. The van der Waals surface area contributed by atoms with Gasteiger partial charge in [0.25, 0.3) is 0 Å². The minimum atomic E-state index is -0.223. The van der Waals surface area contributed by atoms with E-state index in [9.17, 15) is 0 Å². The quantitative estimate of drug-likeness (QED) is 0.494. The van der Waals surface area contributed by atoms with Gasteiger partial charge in [-0.25, -0.2) is 0 Å². The summed E-state index contributed by atoms with van der Waals surface area (Å²) in [6.45, 7) is 2.30. The molecular weight excluding hydrogens is 128 g/mol. The molecule has 0 radical (unpaired) electrons. The van der Waals surface area contributed by atoms with Crippen LogP contribution >= 0.6 is 0 Å². The molecule has 0 aromatic carbocycles. The van der Waals surface area contributed by atoms with Gasteiger partial charge in [-0.05, 0) is 13.5 Å². The summed E-state index contributed by atoms with van der Waals surface area (Å²) < 4.78 is 0. The van der Waals surface area contributed by atoms with Crippen LogP contribution in [0.3, 0.4) is 0 Å². The summed E-state index contributed by atoms with van der Waals surface area (Å²) in [5.41, 5.74) is 5.95. The number of nitrogens with two attached hydrogens (primary N) is 1. The second kappa shape index (κ2) is 1.55. The number of nitrogens with zero attached hydrogens (tertiary/aromatic N) is 1. The highest BCUT2D eigenvalue weighted by molar-refractivity contribution is 5.25. The zero-order valence-corrected chi connectivity index (χ0v) is 6.30. The van der Waals surface area contributed by atoms with Crippen LogP contribution < -0.4 is 5.73 Å². The van der Waals surface area contributed by atoms with E-state index in [1.807, 2.05) is 0 Å². The van der Waals surface area contributed by atoms with E-state index in [4.69, 9.17) is 10.8 Å². The molecule has 1 saturated carbocycles. The third kappa shape index (κ3) is 0.557. The predicted octanol–water partition coefficient (Wildman–Crippen LogP) is -0.988. The lowest BCUT2D eigenvalue weighted by Gasteiger charge is -2.39. The van der Waals surface area contributed by atoms with Crippen molar-refractivity contribution < 1.29 is 5.11 Å². The van der Waals surface area contributed by atoms with Crippen LogP contribution in [0.15, 0.2) is 0 Å². The van der Waals surface area contributed by atoms with Gasteiger partial charge >= 0.3 is 0 Å². The molecule has 0 aromatic heterocycles. The summed E-state index contributed by atoms with van der Waals surface area (Å²) in [5.74, 6) is 0. The van der Waals surface area contributed by atoms with Crippen molar-refractivity contribution in [2.24, 2.45) is 11.1 Å². The van der Waals surface area contributed by atoms with Crippen LogP contribution in [0.25, 0.3) is 0 Å². The Labute approximate surface area is 60.8 Å². The molecule has 3 heteroatoms. The molecule has 3 N–H and O–H groups in total. The molecule has 0 bridgehead atoms. The number of aliphatic hydroxyl groups excluding tert-OH is 1. The van der Waals surface area contributed by atoms with Gasteiger partial charge in [0.2, 0.25) is 0 Å². The zero-order chi connectivity index (χ0) is 7.41. The summed E-state index contributed by atoms with van der Waals surface area (Å²) in [7, 11) is 2.08. The van der Waals surface area contributed by atoms with E-state index >= 15 is 0 Å². The highest BCUT2D eigenvalue weighted by Crippen LogP contribution is 2.59. The highest BCUT2D eigenvalue weighted by atomic mass is 16.3. The van der Waals surface area contributed by atoms with Crippen molar-refractivity contribution in [3.63, 3.8) is 0 Å². The van der Waals surface area contributed by atoms with Crippen molar-refractivity contribution in [3.05, 3.63) is 0 Å². The average molecular weight is 142 g/mol. The fourth-order valence-corrected chi connectivity index (χ4v) is 2.20. The minimum absolute atomic E-state index is 0.154. The number of hydrogen-bond acceptors (Lipinski definition) is 3. The van der Waals surface area contributed by atoms with Crippen molar-refractivity contribution >= 4 is 0 Å². The van der Waals surface area contributed by atoms with E-state index in [2.05, 4.69) is 11.9 Å². The van der Waals surface area contributed by atoms with Crippen molar-refractivity contribution in [2.45, 2.75) is 12.0 Å². The summed E-state index contributed by atoms with van der Waals surface area (Å²) in [6, 6.07) is 0. The topological polar surface area (TPSA) is 49.5 Å². The van der Waals surface area contributed by atoms with Gasteiger partial charge in [-0.2, -0.15) is 0 Å². The van der Waals surface area contributed by atoms with Crippen LogP contribution in [-0.4, -0.2) is 42.3 Å². The van der Waals surface area contributed by atoms with Crippen molar-refractivity contribution in [3.8, 4) is 0 Å². The van der Waals surface area contributed by atoms with E-state index in [1.165, 1.54) is 0 Å². The maximum atomic E-state index is 8.91. The number of rotatable bonds is 1. The predicted molar refractivity (Wildman–Crippen MR) is 38.6 cm³/mol. The van der Waals surface area contributed by atoms with Crippen LogP contribution in [0, 0.1) is 5.41 Å². The van der Waals surface area contributed by atoms with Gasteiger partial charge in [-0.1, -0.05) is 0 Å². The Hall–Kier alpha value is -0.120. The van der Waals surface area contributed by atoms with E-state index in [0.717, 1.165) is 19.5 Å². The van der Waals surface area contributed by atoms with E-state index in [-0.39, 0.29) is 12.1 Å². The molecule has 10 heavy (non-hydrogen) atoms. The van der Waals surface area contributed by atoms with Gasteiger partial charge in [0.15, 0.2) is 0 Å². The minimum Gasteiger partial charge on any atom is -0.394 e. The van der Waals surface area contributed by atoms with Crippen LogP contribution in [0.2, 0.25) is 0 Å². The lowest BCUT2D eigenvalue weighted by Crippen LogP contribution is -2.53. The number of hydrogen-bond donors (Lipinski definition) is 2. The SMILES string of the molecule is CN1CC2(C1)CC2(N)CO. The van der Waals surface area contributed by atoms with E-state index in [0.29, 0.717) is 5.41 Å². The molecule has 1 spiro atoms. The molecule has 58 valence electrons. The van der Waals surface area contributed by atoms with Gasteiger partial charge in [0.1, 0.15) is 0 Å². The van der Waals surface area contributed by atoms with Crippen LogP contribution in [-0.2, 0) is 0 Å². The summed E-state index contributed by atoms with van der Waals surface area (Å²) >= 11 is 0. The first kappa shape index (κ1) is 6.58. The van der Waals surface area contributed by atoms with Gasteiger partial charge in [-0.3, -0.25) is 0 Å². The maximum absolute atomic E-state index is 8.91. The summed E-state index contributed by atoms with van der Waals surface area (Å²) in [5, 5.41) is 8.91. The fraction of sp³-hybridized carbons (Fsp3) is 1.00. The van der Waals surface area contributed by atoms with E-state index < -0.39 is 0 Å². The number of likely N-dealkylation sites (tertiary alicyclic amines) is 1. The summed E-state index contributed by atoms with van der Waals surface area (Å²) in [6.07, 6.45) is 1.01. The van der Waals surface area contributed by atoms with Crippen LogP contribution in [0.4, 0.5) is 0 Å².